The number of benzene rings is 1. The van der Waals surface area contributed by atoms with Crippen molar-refractivity contribution in [1.29, 1.82) is 0 Å². The summed E-state index contributed by atoms with van der Waals surface area (Å²) in [5, 5.41) is 2.46. The summed E-state index contributed by atoms with van der Waals surface area (Å²) in [5.74, 6) is 1.78. The molecule has 0 saturated heterocycles. The van der Waals surface area contributed by atoms with Gasteiger partial charge in [0.15, 0.2) is 11.5 Å². The standard InChI is InChI=1S/C13H17NO2/c1-2-4-11(3-1)14-8-10-5-6-12-13(7-10)16-9-15-12/h5-7,11,14H,1-4,8-9H2/p+1. The van der Waals surface area contributed by atoms with Crippen LogP contribution in [0, 0.1) is 0 Å². The fourth-order valence-corrected chi connectivity index (χ4v) is 2.56. The lowest BCUT2D eigenvalue weighted by atomic mass is 10.2. The Balaban J connectivity index is 1.61. The molecule has 3 rings (SSSR count). The molecular weight excluding hydrogens is 202 g/mol. The molecule has 3 nitrogen and oxygen atoms in total. The average molecular weight is 220 g/mol. The fraction of sp³-hybridized carbons (Fsp3) is 0.538. The molecule has 0 amide bonds. The van der Waals surface area contributed by atoms with Crippen LogP contribution in [-0.2, 0) is 6.54 Å². The predicted octanol–water partition coefficient (Wildman–Crippen LogP) is 1.42. The SMILES string of the molecule is c1cc2c(cc1C[NH2+]C1CCCC1)OCO2. The lowest BCUT2D eigenvalue weighted by Crippen LogP contribution is -2.87. The van der Waals surface area contributed by atoms with E-state index in [1.807, 2.05) is 6.07 Å². The second kappa shape index (κ2) is 4.34. The molecule has 3 heteroatoms. The van der Waals surface area contributed by atoms with E-state index in [9.17, 15) is 0 Å². The summed E-state index contributed by atoms with van der Waals surface area (Å²) in [6.07, 6.45) is 5.57. The van der Waals surface area contributed by atoms with Gasteiger partial charge in [0, 0.05) is 5.56 Å². The summed E-state index contributed by atoms with van der Waals surface area (Å²) in [7, 11) is 0. The lowest BCUT2D eigenvalue weighted by Gasteiger charge is -2.08. The maximum Gasteiger partial charge on any atom is 0.231 e. The van der Waals surface area contributed by atoms with E-state index in [2.05, 4.69) is 17.4 Å². The highest BCUT2D eigenvalue weighted by Crippen LogP contribution is 2.32. The topological polar surface area (TPSA) is 35.1 Å². The van der Waals surface area contributed by atoms with Gasteiger partial charge in [0.2, 0.25) is 6.79 Å². The molecule has 0 aromatic heterocycles. The number of ether oxygens (including phenoxy) is 2. The molecule has 1 aromatic carbocycles. The van der Waals surface area contributed by atoms with Gasteiger partial charge in [0.1, 0.15) is 6.54 Å². The maximum atomic E-state index is 5.37. The average Bonchev–Trinajstić information content (AvgIpc) is 2.97. The Kier molecular flexibility index (Phi) is 2.70. The van der Waals surface area contributed by atoms with Gasteiger partial charge in [-0.25, -0.2) is 0 Å². The third-order valence-corrected chi connectivity index (χ3v) is 3.52. The summed E-state index contributed by atoms with van der Waals surface area (Å²) in [5.41, 5.74) is 1.33. The highest BCUT2D eigenvalue weighted by Gasteiger charge is 2.18. The third-order valence-electron chi connectivity index (χ3n) is 3.52. The van der Waals surface area contributed by atoms with Crippen LogP contribution in [0.1, 0.15) is 31.2 Å². The quantitative estimate of drug-likeness (QED) is 0.836. The molecule has 1 aliphatic carbocycles. The minimum atomic E-state index is 0.366. The fourth-order valence-electron chi connectivity index (χ4n) is 2.56. The summed E-state index contributed by atoms with van der Waals surface area (Å²) in [6.45, 7) is 1.42. The molecule has 0 spiro atoms. The van der Waals surface area contributed by atoms with Crippen molar-refractivity contribution < 1.29 is 14.8 Å². The molecule has 1 saturated carbocycles. The number of fused-ring (bicyclic) bond motifs is 1. The van der Waals surface area contributed by atoms with E-state index in [0.717, 1.165) is 24.1 Å². The molecule has 0 radical (unpaired) electrons. The van der Waals surface area contributed by atoms with Crippen molar-refractivity contribution in [3.8, 4) is 11.5 Å². The first-order valence-corrected chi connectivity index (χ1v) is 6.14. The van der Waals surface area contributed by atoms with E-state index in [-0.39, 0.29) is 0 Å². The number of hydrogen-bond acceptors (Lipinski definition) is 2. The van der Waals surface area contributed by atoms with Crippen LogP contribution in [0.25, 0.3) is 0 Å². The van der Waals surface area contributed by atoms with Crippen LogP contribution in [0.3, 0.4) is 0 Å². The zero-order valence-electron chi connectivity index (χ0n) is 9.45. The van der Waals surface area contributed by atoms with Crippen LogP contribution in [0.5, 0.6) is 11.5 Å². The first-order chi connectivity index (χ1) is 7.92. The molecule has 0 atom stereocenters. The van der Waals surface area contributed by atoms with E-state index in [0.29, 0.717) is 6.79 Å². The molecule has 1 heterocycles. The van der Waals surface area contributed by atoms with Crippen molar-refractivity contribution in [2.45, 2.75) is 38.3 Å². The Bertz CT molecular complexity index is 372. The Morgan fingerprint density at radius 3 is 2.81 bits per heavy atom. The van der Waals surface area contributed by atoms with Gasteiger partial charge in [-0.1, -0.05) is 0 Å². The lowest BCUT2D eigenvalue weighted by molar-refractivity contribution is -0.703. The number of quaternary nitrogens is 1. The third kappa shape index (κ3) is 2.00. The molecule has 1 fully saturated rings. The Morgan fingerprint density at radius 1 is 1.12 bits per heavy atom. The van der Waals surface area contributed by atoms with Gasteiger partial charge in [-0.15, -0.1) is 0 Å². The van der Waals surface area contributed by atoms with Crippen molar-refractivity contribution in [3.63, 3.8) is 0 Å². The van der Waals surface area contributed by atoms with Gasteiger partial charge in [0.05, 0.1) is 6.04 Å². The van der Waals surface area contributed by atoms with Crippen molar-refractivity contribution in [3.05, 3.63) is 23.8 Å². The molecule has 2 N–H and O–H groups in total. The monoisotopic (exact) mass is 220 g/mol. The van der Waals surface area contributed by atoms with Gasteiger partial charge >= 0.3 is 0 Å². The largest absolute Gasteiger partial charge is 0.454 e. The highest BCUT2D eigenvalue weighted by molar-refractivity contribution is 5.44. The Labute approximate surface area is 95.8 Å². The number of nitrogens with two attached hydrogens (primary N) is 1. The van der Waals surface area contributed by atoms with Crippen LogP contribution >= 0.6 is 0 Å². The van der Waals surface area contributed by atoms with Crippen molar-refractivity contribution in [1.82, 2.24) is 0 Å². The smallest absolute Gasteiger partial charge is 0.231 e. The van der Waals surface area contributed by atoms with Gasteiger partial charge in [0.25, 0.3) is 0 Å². The van der Waals surface area contributed by atoms with E-state index in [4.69, 9.17) is 9.47 Å². The normalized spacial score (nSPS) is 19.2. The van der Waals surface area contributed by atoms with E-state index >= 15 is 0 Å². The molecule has 16 heavy (non-hydrogen) atoms. The zero-order valence-corrected chi connectivity index (χ0v) is 9.45. The molecule has 2 aliphatic rings. The van der Waals surface area contributed by atoms with Crippen LogP contribution in [0.2, 0.25) is 0 Å². The minimum absolute atomic E-state index is 0.366. The summed E-state index contributed by atoms with van der Waals surface area (Å²) in [4.78, 5) is 0. The Morgan fingerprint density at radius 2 is 1.94 bits per heavy atom. The van der Waals surface area contributed by atoms with Crippen LogP contribution < -0.4 is 14.8 Å². The second-order valence-corrected chi connectivity index (χ2v) is 4.67. The predicted molar refractivity (Wildman–Crippen MR) is 60.5 cm³/mol. The van der Waals surface area contributed by atoms with Gasteiger partial charge < -0.3 is 14.8 Å². The first kappa shape index (κ1) is 9.97. The molecule has 86 valence electrons. The number of hydrogen-bond donors (Lipinski definition) is 1. The molecular formula is C13H18NO2+. The Hall–Kier alpha value is -1.22. The van der Waals surface area contributed by atoms with Gasteiger partial charge in [-0.3, -0.25) is 0 Å². The van der Waals surface area contributed by atoms with Gasteiger partial charge in [-0.2, -0.15) is 0 Å². The summed E-state index contributed by atoms with van der Waals surface area (Å²) < 4.78 is 10.7. The van der Waals surface area contributed by atoms with Crippen LogP contribution in [0.15, 0.2) is 18.2 Å². The summed E-state index contributed by atoms with van der Waals surface area (Å²) >= 11 is 0. The van der Waals surface area contributed by atoms with E-state index in [1.54, 1.807) is 0 Å². The number of rotatable bonds is 3. The molecule has 0 unspecified atom stereocenters. The molecule has 1 aliphatic heterocycles. The highest BCUT2D eigenvalue weighted by atomic mass is 16.7. The van der Waals surface area contributed by atoms with Crippen LogP contribution in [0.4, 0.5) is 0 Å². The zero-order chi connectivity index (χ0) is 10.8. The maximum absolute atomic E-state index is 5.37. The van der Waals surface area contributed by atoms with E-state index in [1.165, 1.54) is 31.2 Å². The van der Waals surface area contributed by atoms with Crippen molar-refractivity contribution >= 4 is 0 Å². The van der Waals surface area contributed by atoms with Crippen LogP contribution in [-0.4, -0.2) is 12.8 Å². The summed E-state index contributed by atoms with van der Waals surface area (Å²) in [6, 6.07) is 7.10. The molecule has 1 aromatic rings. The second-order valence-electron chi connectivity index (χ2n) is 4.67. The van der Waals surface area contributed by atoms with Crippen molar-refractivity contribution in [2.75, 3.05) is 6.79 Å². The van der Waals surface area contributed by atoms with E-state index < -0.39 is 0 Å². The first-order valence-electron chi connectivity index (χ1n) is 6.14. The van der Waals surface area contributed by atoms with Crippen molar-refractivity contribution in [2.24, 2.45) is 0 Å². The van der Waals surface area contributed by atoms with Gasteiger partial charge in [-0.05, 0) is 43.9 Å². The molecule has 0 bridgehead atoms. The minimum Gasteiger partial charge on any atom is -0.454 e.